The predicted molar refractivity (Wildman–Crippen MR) is 118 cm³/mol. The fourth-order valence-electron chi connectivity index (χ4n) is 4.12. The fourth-order valence-corrected chi connectivity index (χ4v) is 7.20. The lowest BCUT2D eigenvalue weighted by molar-refractivity contribution is -0.136. The summed E-state index contributed by atoms with van der Waals surface area (Å²) >= 11 is 0. The lowest BCUT2D eigenvalue weighted by Crippen LogP contribution is -2.57. The van der Waals surface area contributed by atoms with E-state index in [2.05, 4.69) is 20.6 Å². The highest BCUT2D eigenvalue weighted by Gasteiger charge is 2.42. The topological polar surface area (TPSA) is 96.1 Å². The molecule has 0 saturated carbocycles. The largest absolute Gasteiger partial charge is 0.450 e. The van der Waals surface area contributed by atoms with Gasteiger partial charge >= 0.3 is 12.2 Å². The Labute approximate surface area is 190 Å². The van der Waals surface area contributed by atoms with Crippen LogP contribution in [0.4, 0.5) is 32.4 Å². The van der Waals surface area contributed by atoms with Crippen LogP contribution in [0.2, 0.25) is 0 Å². The van der Waals surface area contributed by atoms with Gasteiger partial charge < -0.3 is 20.4 Å². The molecule has 1 aliphatic rings. The Kier molecular flexibility index (Phi) is 5.58. The Morgan fingerprint density at radius 3 is 2.47 bits per heavy atom. The number of nitrogens with zero attached hydrogens (tertiary/aromatic N) is 1. The summed E-state index contributed by atoms with van der Waals surface area (Å²) in [4.78, 5) is 18.2. The molecular formula is C21H21F5N4O3S. The van der Waals surface area contributed by atoms with Crippen molar-refractivity contribution in [3.05, 3.63) is 47.8 Å². The van der Waals surface area contributed by atoms with Crippen molar-refractivity contribution in [3.63, 3.8) is 0 Å². The van der Waals surface area contributed by atoms with E-state index in [4.69, 9.17) is 4.74 Å². The van der Waals surface area contributed by atoms with Gasteiger partial charge in [-0.1, -0.05) is 9.07 Å². The maximum Gasteiger partial charge on any atom is 0.418 e. The first-order valence-corrected chi connectivity index (χ1v) is 13.2. The number of aromatic nitrogens is 2. The van der Waals surface area contributed by atoms with Crippen molar-refractivity contribution in [3.8, 4) is 11.5 Å². The number of anilines is 1. The highest BCUT2D eigenvalue weighted by molar-refractivity contribution is 8.19. The number of fused-ring (bicyclic) bond motifs is 1. The number of rotatable bonds is 5. The number of pyridine rings is 1. The van der Waals surface area contributed by atoms with Crippen LogP contribution in [0.25, 0.3) is 11.0 Å². The quantitative estimate of drug-likeness (QED) is 0.447. The molecule has 0 bridgehead atoms. The summed E-state index contributed by atoms with van der Waals surface area (Å²) in [6.07, 6.45) is 0.485. The van der Waals surface area contributed by atoms with Gasteiger partial charge in [-0.2, -0.15) is 13.2 Å². The molecule has 3 aromatic rings. The monoisotopic (exact) mass is 504 g/mol. The minimum atomic E-state index is -4.75. The van der Waals surface area contributed by atoms with Crippen molar-refractivity contribution in [1.82, 2.24) is 15.3 Å². The lowest BCUT2D eigenvalue weighted by Gasteiger charge is -2.49. The minimum absolute atomic E-state index is 0.0525. The zero-order chi connectivity index (χ0) is 24.9. The van der Waals surface area contributed by atoms with Crippen LogP contribution in [0.3, 0.4) is 0 Å². The molecule has 184 valence electrons. The molecule has 1 aliphatic heterocycles. The van der Waals surface area contributed by atoms with E-state index >= 15 is 0 Å². The SMILES string of the molecule is CS1(C)(=O)CC(CNC(=O)Nc2cc(F)c(Oc3ccnc4[nH]cc(C(F)(F)F)c34)c(F)c2)C1. The van der Waals surface area contributed by atoms with Crippen LogP contribution < -0.4 is 15.4 Å². The van der Waals surface area contributed by atoms with Gasteiger partial charge in [0, 0.05) is 48.3 Å². The summed E-state index contributed by atoms with van der Waals surface area (Å²) in [5, 5.41) is 4.36. The van der Waals surface area contributed by atoms with Crippen LogP contribution in [0.5, 0.6) is 11.5 Å². The van der Waals surface area contributed by atoms with Crippen molar-refractivity contribution in [2.75, 3.05) is 35.9 Å². The maximum atomic E-state index is 14.6. The second kappa shape index (κ2) is 7.93. The number of amides is 2. The maximum absolute atomic E-state index is 14.6. The second-order valence-corrected chi connectivity index (χ2v) is 14.3. The molecule has 7 nitrogen and oxygen atoms in total. The molecule has 34 heavy (non-hydrogen) atoms. The van der Waals surface area contributed by atoms with Gasteiger partial charge in [0.2, 0.25) is 0 Å². The van der Waals surface area contributed by atoms with Crippen LogP contribution >= 0.6 is 0 Å². The molecule has 3 heterocycles. The molecular weight excluding hydrogens is 483 g/mol. The van der Waals surface area contributed by atoms with Gasteiger partial charge in [0.05, 0.1) is 10.9 Å². The first-order chi connectivity index (χ1) is 15.7. The molecule has 13 heteroatoms. The molecule has 1 fully saturated rings. The Balaban J connectivity index is 1.48. The average molecular weight is 504 g/mol. The molecule has 4 rings (SSSR count). The molecule has 1 aromatic carbocycles. The number of hydrogen-bond donors (Lipinski definition) is 3. The van der Waals surface area contributed by atoms with E-state index in [1.54, 1.807) is 12.5 Å². The van der Waals surface area contributed by atoms with Crippen molar-refractivity contribution in [2.45, 2.75) is 6.18 Å². The van der Waals surface area contributed by atoms with Crippen molar-refractivity contribution >= 4 is 31.8 Å². The summed E-state index contributed by atoms with van der Waals surface area (Å²) in [5.74, 6) is -2.81. The normalized spacial score (nSPS) is 20.1. The van der Waals surface area contributed by atoms with Crippen LogP contribution in [0.15, 0.2) is 30.6 Å². The molecule has 0 radical (unpaired) electrons. The van der Waals surface area contributed by atoms with Gasteiger partial charge in [0.1, 0.15) is 11.4 Å². The smallest absolute Gasteiger partial charge is 0.418 e. The summed E-state index contributed by atoms with van der Waals surface area (Å²) < 4.78 is 86.5. The number of hydrogen-bond acceptors (Lipinski definition) is 4. The van der Waals surface area contributed by atoms with E-state index in [0.29, 0.717) is 17.7 Å². The van der Waals surface area contributed by atoms with Gasteiger partial charge in [-0.3, -0.25) is 4.21 Å². The van der Waals surface area contributed by atoms with Crippen LogP contribution in [-0.4, -0.2) is 50.8 Å². The van der Waals surface area contributed by atoms with E-state index < -0.39 is 55.4 Å². The van der Waals surface area contributed by atoms with Gasteiger partial charge in [0.15, 0.2) is 17.4 Å². The molecule has 2 amide bonds. The number of carbonyl (C=O) groups is 1. The number of urea groups is 1. The zero-order valence-electron chi connectivity index (χ0n) is 18.1. The summed E-state index contributed by atoms with van der Waals surface area (Å²) in [5.41, 5.74) is -1.49. The Morgan fingerprint density at radius 1 is 1.24 bits per heavy atom. The summed E-state index contributed by atoms with van der Waals surface area (Å²) in [6.45, 7) is 0.254. The number of alkyl halides is 3. The number of H-pyrrole nitrogens is 1. The van der Waals surface area contributed by atoms with Crippen molar-refractivity contribution in [2.24, 2.45) is 5.92 Å². The predicted octanol–water partition coefficient (Wildman–Crippen LogP) is 4.48. The van der Waals surface area contributed by atoms with E-state index in [1.807, 2.05) is 0 Å². The summed E-state index contributed by atoms with van der Waals surface area (Å²) in [7, 11) is -2.57. The highest BCUT2D eigenvalue weighted by Crippen LogP contribution is 2.41. The Morgan fingerprint density at radius 2 is 1.88 bits per heavy atom. The Bertz CT molecular complexity index is 1310. The molecule has 2 aromatic heterocycles. The van der Waals surface area contributed by atoms with Gasteiger partial charge in [0.25, 0.3) is 0 Å². The molecule has 0 aliphatic carbocycles. The van der Waals surface area contributed by atoms with E-state index in [1.165, 1.54) is 0 Å². The standard InChI is InChI=1S/C21H21F5N4O3S/c1-34(2,32)9-11(10-34)7-29-20(31)30-12-5-14(22)18(15(23)6-12)33-16-3-4-27-19-17(16)13(8-28-19)21(24,25)26/h3-6,8,11H,7,9-10H2,1-2H3,(H,27,28)(H2,29,30,31). The van der Waals surface area contributed by atoms with Gasteiger partial charge in [-0.15, -0.1) is 0 Å². The van der Waals surface area contributed by atoms with Crippen molar-refractivity contribution in [1.29, 1.82) is 0 Å². The Hall–Kier alpha value is -3.22. The first kappa shape index (κ1) is 23.9. The van der Waals surface area contributed by atoms with Crippen LogP contribution in [-0.2, 0) is 15.2 Å². The molecule has 0 atom stereocenters. The van der Waals surface area contributed by atoms with E-state index in [-0.39, 0.29) is 23.8 Å². The third-order valence-electron chi connectivity index (χ3n) is 5.37. The molecule has 3 N–H and O–H groups in total. The van der Waals surface area contributed by atoms with Crippen LogP contribution in [0.1, 0.15) is 5.56 Å². The second-order valence-electron chi connectivity index (χ2n) is 8.97. The number of carbonyl (C=O) groups excluding carboxylic acids is 1. The van der Waals surface area contributed by atoms with Crippen molar-refractivity contribution < 1.29 is 35.7 Å². The fraction of sp³-hybridized carbons (Fsp3) is 0.333. The minimum Gasteiger partial charge on any atom is -0.450 e. The number of benzene rings is 1. The number of aromatic amines is 1. The molecule has 1 saturated heterocycles. The third-order valence-corrected chi connectivity index (χ3v) is 8.39. The lowest BCUT2D eigenvalue weighted by atomic mass is 10.2. The molecule has 0 spiro atoms. The first-order valence-electron chi connectivity index (χ1n) is 10.0. The third kappa shape index (κ3) is 4.98. The zero-order valence-corrected chi connectivity index (χ0v) is 18.9. The average Bonchev–Trinajstić information content (AvgIpc) is 3.12. The number of nitrogens with one attached hydrogen (secondary N) is 3. The van der Waals surface area contributed by atoms with Crippen LogP contribution in [0, 0.1) is 17.6 Å². The molecule has 0 unspecified atom stereocenters. The van der Waals surface area contributed by atoms with Gasteiger partial charge in [-0.25, -0.2) is 18.6 Å². The van der Waals surface area contributed by atoms with E-state index in [0.717, 1.165) is 24.4 Å². The van der Waals surface area contributed by atoms with E-state index in [9.17, 15) is 31.0 Å². The number of ether oxygens (including phenoxy) is 1. The van der Waals surface area contributed by atoms with Gasteiger partial charge in [-0.05, 0) is 24.5 Å². The number of halogens is 5. The highest BCUT2D eigenvalue weighted by atomic mass is 32.3. The summed E-state index contributed by atoms with van der Waals surface area (Å²) in [6, 6.07) is 1.90.